The molecule has 0 aromatic rings. The van der Waals surface area contributed by atoms with Crippen molar-refractivity contribution in [3.05, 3.63) is 0 Å². The lowest BCUT2D eigenvalue weighted by molar-refractivity contribution is -0.130. The minimum absolute atomic E-state index is 0.00393. The summed E-state index contributed by atoms with van der Waals surface area (Å²) in [6, 6.07) is 0. The van der Waals surface area contributed by atoms with Crippen LogP contribution < -0.4 is 5.32 Å². The molecule has 0 spiro atoms. The molecule has 1 aliphatic rings. The molecule has 1 saturated carbocycles. The third kappa shape index (κ3) is 5.78. The van der Waals surface area contributed by atoms with E-state index in [9.17, 15) is 4.79 Å². The molecule has 1 N–H and O–H groups in total. The van der Waals surface area contributed by atoms with Gasteiger partial charge in [0.25, 0.3) is 0 Å². The maximum atomic E-state index is 11.3. The van der Waals surface area contributed by atoms with E-state index < -0.39 is 0 Å². The Bertz CT molecular complexity index is 204. The Morgan fingerprint density at radius 2 is 2.07 bits per heavy atom. The maximum absolute atomic E-state index is 11.3. The van der Waals surface area contributed by atoms with Crippen LogP contribution in [-0.2, 0) is 9.53 Å². The molecule has 0 atom stereocenters. The molecule has 88 valence electrons. The van der Waals surface area contributed by atoms with E-state index in [2.05, 4.69) is 5.32 Å². The summed E-state index contributed by atoms with van der Waals surface area (Å²) in [6.07, 6.45) is 5.18. The van der Waals surface area contributed by atoms with Gasteiger partial charge in [0.2, 0.25) is 5.91 Å². The van der Waals surface area contributed by atoms with Crippen molar-refractivity contribution in [2.24, 2.45) is 5.92 Å². The second-order valence-electron chi connectivity index (χ2n) is 5.34. The standard InChI is InChI=1S/C12H23NO2/c1-12(2,3)15-9-11(14)13-8-7-10-5-4-6-10/h10H,4-9H2,1-3H3,(H,13,14). The minimum Gasteiger partial charge on any atom is -0.366 e. The lowest BCUT2D eigenvalue weighted by Crippen LogP contribution is -2.33. The van der Waals surface area contributed by atoms with E-state index in [1.54, 1.807) is 0 Å². The molecule has 0 radical (unpaired) electrons. The summed E-state index contributed by atoms with van der Waals surface area (Å²) >= 11 is 0. The van der Waals surface area contributed by atoms with Gasteiger partial charge >= 0.3 is 0 Å². The van der Waals surface area contributed by atoms with Gasteiger partial charge in [0.1, 0.15) is 6.61 Å². The van der Waals surface area contributed by atoms with Gasteiger partial charge in [-0.25, -0.2) is 0 Å². The highest BCUT2D eigenvalue weighted by Crippen LogP contribution is 2.28. The van der Waals surface area contributed by atoms with Crippen LogP contribution in [0.3, 0.4) is 0 Å². The fraction of sp³-hybridized carbons (Fsp3) is 0.917. The summed E-state index contributed by atoms with van der Waals surface area (Å²) in [5.74, 6) is 0.859. The molecule has 1 amide bonds. The Labute approximate surface area is 92.6 Å². The lowest BCUT2D eigenvalue weighted by atomic mass is 9.83. The van der Waals surface area contributed by atoms with Crippen LogP contribution in [0, 0.1) is 5.92 Å². The van der Waals surface area contributed by atoms with Crippen LogP contribution in [0.1, 0.15) is 46.5 Å². The lowest BCUT2D eigenvalue weighted by Gasteiger charge is -2.25. The molecule has 0 unspecified atom stereocenters. The van der Waals surface area contributed by atoms with Crippen LogP contribution in [0.25, 0.3) is 0 Å². The number of hydrogen-bond acceptors (Lipinski definition) is 2. The van der Waals surface area contributed by atoms with Crippen LogP contribution in [-0.4, -0.2) is 24.7 Å². The summed E-state index contributed by atoms with van der Waals surface area (Å²) in [5, 5.41) is 2.89. The number of ether oxygens (including phenoxy) is 1. The summed E-state index contributed by atoms with van der Waals surface area (Å²) < 4.78 is 5.38. The summed E-state index contributed by atoms with van der Waals surface area (Å²) in [7, 11) is 0. The van der Waals surface area contributed by atoms with Crippen molar-refractivity contribution in [2.45, 2.75) is 52.1 Å². The fourth-order valence-corrected chi connectivity index (χ4v) is 1.53. The molecule has 1 aliphatic carbocycles. The average molecular weight is 213 g/mol. The molecule has 3 nitrogen and oxygen atoms in total. The Kier molecular flexibility index (Phi) is 4.58. The zero-order valence-electron chi connectivity index (χ0n) is 10.1. The molecule has 0 aromatic heterocycles. The molecule has 1 rings (SSSR count). The molecular weight excluding hydrogens is 190 g/mol. The van der Waals surface area contributed by atoms with Gasteiger partial charge in [0.15, 0.2) is 0 Å². The van der Waals surface area contributed by atoms with Gasteiger partial charge in [-0.3, -0.25) is 4.79 Å². The van der Waals surface area contributed by atoms with Crippen molar-refractivity contribution in [3.63, 3.8) is 0 Å². The smallest absolute Gasteiger partial charge is 0.246 e. The molecule has 0 bridgehead atoms. The minimum atomic E-state index is -0.231. The zero-order chi connectivity index (χ0) is 11.3. The molecule has 0 saturated heterocycles. The number of carbonyl (C=O) groups is 1. The first-order chi connectivity index (χ1) is 6.97. The van der Waals surface area contributed by atoms with E-state index in [4.69, 9.17) is 4.74 Å². The van der Waals surface area contributed by atoms with Crippen molar-refractivity contribution in [1.29, 1.82) is 0 Å². The van der Waals surface area contributed by atoms with Crippen LogP contribution >= 0.6 is 0 Å². The van der Waals surface area contributed by atoms with E-state index in [0.29, 0.717) is 0 Å². The summed E-state index contributed by atoms with van der Waals surface area (Å²) in [4.78, 5) is 11.3. The number of hydrogen-bond donors (Lipinski definition) is 1. The van der Waals surface area contributed by atoms with Crippen LogP contribution in [0.2, 0.25) is 0 Å². The third-order valence-electron chi connectivity index (χ3n) is 2.74. The normalized spacial score (nSPS) is 17.3. The highest BCUT2D eigenvalue weighted by Gasteiger charge is 2.17. The molecule has 0 heterocycles. The van der Waals surface area contributed by atoms with E-state index in [1.165, 1.54) is 19.3 Å². The highest BCUT2D eigenvalue weighted by molar-refractivity contribution is 5.77. The predicted octanol–water partition coefficient (Wildman–Crippen LogP) is 2.11. The quantitative estimate of drug-likeness (QED) is 0.759. The van der Waals surface area contributed by atoms with E-state index in [0.717, 1.165) is 18.9 Å². The molecular formula is C12H23NO2. The van der Waals surface area contributed by atoms with Gasteiger partial charge in [-0.15, -0.1) is 0 Å². The summed E-state index contributed by atoms with van der Waals surface area (Å²) in [6.45, 7) is 6.84. The second-order valence-corrected chi connectivity index (χ2v) is 5.34. The van der Waals surface area contributed by atoms with Gasteiger partial charge in [0.05, 0.1) is 5.60 Å². The number of carbonyl (C=O) groups excluding carboxylic acids is 1. The third-order valence-corrected chi connectivity index (χ3v) is 2.74. The van der Waals surface area contributed by atoms with E-state index in [1.807, 2.05) is 20.8 Å². The summed E-state index contributed by atoms with van der Waals surface area (Å²) in [5.41, 5.74) is -0.231. The Balaban J connectivity index is 1.98. The number of amides is 1. The van der Waals surface area contributed by atoms with E-state index in [-0.39, 0.29) is 18.1 Å². The topological polar surface area (TPSA) is 38.3 Å². The molecule has 0 aromatic carbocycles. The monoisotopic (exact) mass is 213 g/mol. The van der Waals surface area contributed by atoms with E-state index >= 15 is 0 Å². The van der Waals surface area contributed by atoms with Crippen molar-refractivity contribution in [2.75, 3.05) is 13.2 Å². The number of rotatable bonds is 5. The fourth-order valence-electron chi connectivity index (χ4n) is 1.53. The van der Waals surface area contributed by atoms with Gasteiger partial charge in [0, 0.05) is 6.54 Å². The van der Waals surface area contributed by atoms with Gasteiger partial charge in [-0.2, -0.15) is 0 Å². The molecule has 1 fully saturated rings. The first-order valence-electron chi connectivity index (χ1n) is 5.88. The van der Waals surface area contributed by atoms with Gasteiger partial charge in [-0.1, -0.05) is 19.3 Å². The van der Waals surface area contributed by atoms with Crippen LogP contribution in [0.4, 0.5) is 0 Å². The Morgan fingerprint density at radius 1 is 1.40 bits per heavy atom. The van der Waals surface area contributed by atoms with Crippen LogP contribution in [0.15, 0.2) is 0 Å². The first-order valence-corrected chi connectivity index (χ1v) is 5.88. The average Bonchev–Trinajstić information content (AvgIpc) is 2.04. The second kappa shape index (κ2) is 5.50. The maximum Gasteiger partial charge on any atom is 0.246 e. The van der Waals surface area contributed by atoms with Crippen molar-refractivity contribution in [1.82, 2.24) is 5.32 Å². The molecule has 3 heteroatoms. The van der Waals surface area contributed by atoms with Gasteiger partial charge in [-0.05, 0) is 33.1 Å². The molecule has 15 heavy (non-hydrogen) atoms. The Morgan fingerprint density at radius 3 is 2.53 bits per heavy atom. The van der Waals surface area contributed by atoms with Crippen molar-refractivity contribution in [3.8, 4) is 0 Å². The Hall–Kier alpha value is -0.570. The van der Waals surface area contributed by atoms with Crippen molar-refractivity contribution < 1.29 is 9.53 Å². The zero-order valence-corrected chi connectivity index (χ0v) is 10.1. The van der Waals surface area contributed by atoms with Crippen LogP contribution in [0.5, 0.6) is 0 Å². The first kappa shape index (κ1) is 12.5. The highest BCUT2D eigenvalue weighted by atomic mass is 16.5. The van der Waals surface area contributed by atoms with Crippen molar-refractivity contribution >= 4 is 5.91 Å². The SMILES string of the molecule is CC(C)(C)OCC(=O)NCCC1CCC1. The predicted molar refractivity (Wildman–Crippen MR) is 60.7 cm³/mol. The van der Waals surface area contributed by atoms with Gasteiger partial charge < -0.3 is 10.1 Å². The molecule has 0 aliphatic heterocycles. The largest absolute Gasteiger partial charge is 0.366 e. The number of nitrogens with one attached hydrogen (secondary N) is 1.